The van der Waals surface area contributed by atoms with Crippen LogP contribution in [0, 0.1) is 5.92 Å². The minimum atomic E-state index is 0.233. The van der Waals surface area contributed by atoms with E-state index in [2.05, 4.69) is 28.5 Å². The van der Waals surface area contributed by atoms with Crippen molar-refractivity contribution >= 4 is 10.8 Å². The lowest BCUT2D eigenvalue weighted by Crippen LogP contribution is -2.22. The number of hydrogen-bond donors (Lipinski definition) is 2. The van der Waals surface area contributed by atoms with Crippen LogP contribution in [0.2, 0.25) is 0 Å². The van der Waals surface area contributed by atoms with E-state index in [1.54, 1.807) is 0 Å². The topological polar surface area (TPSA) is 45.1 Å². The molecule has 1 aromatic carbocycles. The van der Waals surface area contributed by atoms with Crippen LogP contribution in [0.15, 0.2) is 36.7 Å². The van der Waals surface area contributed by atoms with E-state index in [1.165, 1.54) is 16.3 Å². The molecule has 0 radical (unpaired) electrons. The van der Waals surface area contributed by atoms with Crippen LogP contribution in [0.25, 0.3) is 10.8 Å². The summed E-state index contributed by atoms with van der Waals surface area (Å²) in [5.74, 6) is 0.305. The van der Waals surface area contributed by atoms with Crippen LogP contribution in [0.5, 0.6) is 0 Å². The van der Waals surface area contributed by atoms with Gasteiger partial charge in [0.05, 0.1) is 0 Å². The Balaban J connectivity index is 1.99. The smallest absolute Gasteiger partial charge is 0.0468 e. The van der Waals surface area contributed by atoms with E-state index in [1.807, 2.05) is 25.4 Å². The third-order valence-corrected chi connectivity index (χ3v) is 2.84. The summed E-state index contributed by atoms with van der Waals surface area (Å²) in [5.41, 5.74) is 1.26. The third-order valence-electron chi connectivity index (χ3n) is 2.84. The van der Waals surface area contributed by atoms with Gasteiger partial charge in [-0.3, -0.25) is 4.98 Å². The molecule has 2 rings (SSSR count). The number of fused-ring (bicyclic) bond motifs is 1. The molecule has 1 heterocycles. The lowest BCUT2D eigenvalue weighted by Gasteiger charge is -2.09. The highest BCUT2D eigenvalue weighted by molar-refractivity contribution is 5.81. The van der Waals surface area contributed by atoms with E-state index in [-0.39, 0.29) is 6.61 Å². The highest BCUT2D eigenvalue weighted by atomic mass is 16.3. The molecule has 0 spiro atoms. The van der Waals surface area contributed by atoms with Crippen LogP contribution in [-0.2, 0) is 6.54 Å². The van der Waals surface area contributed by atoms with Crippen LogP contribution < -0.4 is 5.32 Å². The second kappa shape index (κ2) is 5.75. The Hall–Kier alpha value is -1.45. The first-order chi connectivity index (χ1) is 8.29. The molecule has 90 valence electrons. The molecule has 1 aromatic heterocycles. The van der Waals surface area contributed by atoms with Gasteiger partial charge < -0.3 is 10.4 Å². The Labute approximate surface area is 102 Å². The van der Waals surface area contributed by atoms with Crippen LogP contribution in [0.3, 0.4) is 0 Å². The number of aliphatic hydroxyl groups is 1. The van der Waals surface area contributed by atoms with E-state index < -0.39 is 0 Å². The molecule has 0 fully saturated rings. The van der Waals surface area contributed by atoms with Gasteiger partial charge in [-0.15, -0.1) is 0 Å². The van der Waals surface area contributed by atoms with Crippen molar-refractivity contribution in [3.63, 3.8) is 0 Å². The third kappa shape index (κ3) is 3.25. The van der Waals surface area contributed by atoms with Gasteiger partial charge in [0.25, 0.3) is 0 Å². The van der Waals surface area contributed by atoms with E-state index >= 15 is 0 Å². The van der Waals surface area contributed by atoms with Crippen molar-refractivity contribution in [1.29, 1.82) is 0 Å². The van der Waals surface area contributed by atoms with Crippen molar-refractivity contribution in [3.8, 4) is 0 Å². The number of rotatable bonds is 5. The van der Waals surface area contributed by atoms with Gasteiger partial charge in [0.2, 0.25) is 0 Å². The van der Waals surface area contributed by atoms with E-state index in [9.17, 15) is 0 Å². The summed E-state index contributed by atoms with van der Waals surface area (Å²) < 4.78 is 0. The lowest BCUT2D eigenvalue weighted by molar-refractivity contribution is 0.233. The normalized spacial score (nSPS) is 12.8. The number of nitrogens with zero attached hydrogens (tertiary/aromatic N) is 1. The standard InChI is InChI=1S/C14H18N2O/c1-11(10-17)7-16-8-12-2-3-14-9-15-5-4-13(14)6-12/h2-6,9,11,16-17H,7-8,10H2,1H3. The zero-order valence-corrected chi connectivity index (χ0v) is 10.1. The molecule has 0 bridgehead atoms. The molecule has 0 aliphatic rings. The van der Waals surface area contributed by atoms with Gasteiger partial charge in [-0.25, -0.2) is 0 Å². The molecule has 3 nitrogen and oxygen atoms in total. The molecule has 1 unspecified atom stereocenters. The second-order valence-corrected chi connectivity index (χ2v) is 4.48. The Kier molecular flexibility index (Phi) is 4.07. The first kappa shape index (κ1) is 12.0. The quantitative estimate of drug-likeness (QED) is 0.825. The van der Waals surface area contributed by atoms with Gasteiger partial charge in [-0.2, -0.15) is 0 Å². The Bertz CT molecular complexity index is 484. The van der Waals surface area contributed by atoms with Gasteiger partial charge in [-0.05, 0) is 29.0 Å². The number of nitrogens with one attached hydrogen (secondary N) is 1. The molecule has 17 heavy (non-hydrogen) atoms. The lowest BCUT2D eigenvalue weighted by atomic mass is 10.1. The van der Waals surface area contributed by atoms with Crippen molar-refractivity contribution < 1.29 is 5.11 Å². The number of aliphatic hydroxyl groups excluding tert-OH is 1. The van der Waals surface area contributed by atoms with Crippen molar-refractivity contribution in [2.45, 2.75) is 13.5 Å². The fraction of sp³-hybridized carbons (Fsp3) is 0.357. The number of benzene rings is 1. The summed E-state index contributed by atoms with van der Waals surface area (Å²) >= 11 is 0. The summed E-state index contributed by atoms with van der Waals surface area (Å²) in [7, 11) is 0. The van der Waals surface area contributed by atoms with Crippen LogP contribution in [-0.4, -0.2) is 23.2 Å². The molecule has 0 saturated carbocycles. The molecule has 0 amide bonds. The molecule has 0 aliphatic heterocycles. The Morgan fingerprint density at radius 2 is 2.18 bits per heavy atom. The molecule has 1 atom stereocenters. The van der Waals surface area contributed by atoms with Gasteiger partial charge >= 0.3 is 0 Å². The summed E-state index contributed by atoms with van der Waals surface area (Å²) in [6, 6.07) is 8.40. The number of hydrogen-bond acceptors (Lipinski definition) is 3. The maximum atomic E-state index is 8.93. The van der Waals surface area contributed by atoms with Gasteiger partial charge in [-0.1, -0.05) is 19.1 Å². The van der Waals surface area contributed by atoms with Crippen LogP contribution in [0.4, 0.5) is 0 Å². The predicted molar refractivity (Wildman–Crippen MR) is 69.7 cm³/mol. The van der Waals surface area contributed by atoms with Gasteiger partial charge in [0.15, 0.2) is 0 Å². The van der Waals surface area contributed by atoms with Crippen molar-refractivity contribution in [1.82, 2.24) is 10.3 Å². The molecule has 0 aliphatic carbocycles. The zero-order valence-electron chi connectivity index (χ0n) is 10.1. The van der Waals surface area contributed by atoms with Crippen molar-refractivity contribution in [3.05, 3.63) is 42.2 Å². The summed E-state index contributed by atoms with van der Waals surface area (Å²) in [4.78, 5) is 4.10. The van der Waals surface area contributed by atoms with Gasteiger partial charge in [0, 0.05) is 37.5 Å². The Morgan fingerprint density at radius 1 is 1.29 bits per heavy atom. The summed E-state index contributed by atoms with van der Waals surface area (Å²) in [6.07, 6.45) is 3.69. The fourth-order valence-corrected chi connectivity index (χ4v) is 1.77. The molecule has 2 N–H and O–H groups in total. The molecular weight excluding hydrogens is 212 g/mol. The zero-order chi connectivity index (χ0) is 12.1. The predicted octanol–water partition coefficient (Wildman–Crippen LogP) is 1.95. The van der Waals surface area contributed by atoms with E-state index in [0.29, 0.717) is 5.92 Å². The van der Waals surface area contributed by atoms with E-state index in [4.69, 9.17) is 5.11 Å². The molecule has 2 aromatic rings. The van der Waals surface area contributed by atoms with Crippen molar-refractivity contribution in [2.24, 2.45) is 5.92 Å². The first-order valence-electron chi connectivity index (χ1n) is 5.94. The Morgan fingerprint density at radius 3 is 3.00 bits per heavy atom. The van der Waals surface area contributed by atoms with Crippen LogP contribution >= 0.6 is 0 Å². The van der Waals surface area contributed by atoms with E-state index in [0.717, 1.165) is 13.1 Å². The average Bonchev–Trinajstić information content (AvgIpc) is 2.38. The second-order valence-electron chi connectivity index (χ2n) is 4.48. The molecule has 3 heteroatoms. The molecular formula is C14H18N2O. The fourth-order valence-electron chi connectivity index (χ4n) is 1.77. The van der Waals surface area contributed by atoms with Crippen LogP contribution in [0.1, 0.15) is 12.5 Å². The van der Waals surface area contributed by atoms with Gasteiger partial charge in [0.1, 0.15) is 0 Å². The average molecular weight is 230 g/mol. The highest BCUT2D eigenvalue weighted by Crippen LogP contribution is 2.14. The SMILES string of the molecule is CC(CO)CNCc1ccc2cnccc2c1. The maximum absolute atomic E-state index is 8.93. The van der Waals surface area contributed by atoms with Crippen molar-refractivity contribution in [2.75, 3.05) is 13.2 Å². The highest BCUT2D eigenvalue weighted by Gasteiger charge is 2.00. The maximum Gasteiger partial charge on any atom is 0.0468 e. The molecule has 0 saturated heterocycles. The first-order valence-corrected chi connectivity index (χ1v) is 5.94. The number of aromatic nitrogens is 1. The minimum absolute atomic E-state index is 0.233. The minimum Gasteiger partial charge on any atom is -0.396 e. The summed E-state index contributed by atoms with van der Waals surface area (Å²) in [6.45, 7) is 3.93. The monoisotopic (exact) mass is 230 g/mol. The summed E-state index contributed by atoms with van der Waals surface area (Å²) in [5, 5.41) is 14.7. The largest absolute Gasteiger partial charge is 0.396 e. The number of pyridine rings is 1.